The summed E-state index contributed by atoms with van der Waals surface area (Å²) in [7, 11) is 0. The van der Waals surface area contributed by atoms with Crippen LogP contribution in [-0.2, 0) is 6.42 Å². The lowest BCUT2D eigenvalue weighted by atomic mass is 10.1. The van der Waals surface area contributed by atoms with Crippen molar-refractivity contribution in [3.05, 3.63) is 47.5 Å². The van der Waals surface area contributed by atoms with E-state index in [0.29, 0.717) is 5.92 Å². The van der Waals surface area contributed by atoms with Gasteiger partial charge in [-0.2, -0.15) is 0 Å². The maximum Gasteiger partial charge on any atom is 0.0575 e. The molecule has 0 spiro atoms. The Morgan fingerprint density at radius 3 is 2.93 bits per heavy atom. The zero-order valence-electron chi connectivity index (χ0n) is 10.5. The summed E-state index contributed by atoms with van der Waals surface area (Å²) in [5.41, 5.74) is 2.82. The van der Waals surface area contributed by atoms with Gasteiger partial charge in [-0.25, -0.2) is 0 Å². The highest BCUT2D eigenvalue weighted by atomic mass is 14.3. The molecule has 0 heteroatoms. The van der Waals surface area contributed by atoms with Gasteiger partial charge in [0.1, 0.15) is 0 Å². The molecule has 0 nitrogen and oxygen atoms in total. The van der Waals surface area contributed by atoms with Crippen molar-refractivity contribution in [1.29, 1.82) is 0 Å². The number of allylic oxidation sites excluding steroid dienone is 2. The van der Waals surface area contributed by atoms with Crippen LogP contribution in [0.4, 0.5) is 0 Å². The van der Waals surface area contributed by atoms with Crippen LogP contribution in [0.3, 0.4) is 0 Å². The predicted molar refractivity (Wildman–Crippen MR) is 65.9 cm³/mol. The van der Waals surface area contributed by atoms with E-state index in [0.717, 1.165) is 25.3 Å². The molecule has 1 fully saturated rings. The Morgan fingerprint density at radius 2 is 2.20 bits per heavy atom. The fraction of sp³-hybridized carbons (Fsp3) is 0.467. The van der Waals surface area contributed by atoms with Crippen molar-refractivity contribution in [3.63, 3.8) is 0 Å². The van der Waals surface area contributed by atoms with E-state index < -0.39 is 0 Å². The molecule has 0 aliphatic heterocycles. The van der Waals surface area contributed by atoms with Gasteiger partial charge in [0.05, 0.1) is 1.37 Å². The van der Waals surface area contributed by atoms with Gasteiger partial charge < -0.3 is 0 Å². The summed E-state index contributed by atoms with van der Waals surface area (Å²) in [4.78, 5) is 0. The molecule has 0 saturated heterocycles. The van der Waals surface area contributed by atoms with E-state index in [4.69, 9.17) is 1.37 Å². The number of unbranched alkanes of at least 4 members (excludes halogenated alkanes) is 1. The summed E-state index contributed by atoms with van der Waals surface area (Å²) in [6.07, 6.45) is 5.64. The molecule has 1 aromatic carbocycles. The van der Waals surface area contributed by atoms with Crippen molar-refractivity contribution < 1.29 is 1.37 Å². The molecule has 1 saturated carbocycles. The fourth-order valence-corrected chi connectivity index (χ4v) is 1.94. The minimum Gasteiger partial charge on any atom is -0.0850 e. The van der Waals surface area contributed by atoms with Gasteiger partial charge in [-0.05, 0) is 30.7 Å². The highest BCUT2D eigenvalue weighted by Gasteiger charge is 2.28. The third kappa shape index (κ3) is 3.23. The minimum atomic E-state index is 0.673. The third-order valence-electron chi connectivity index (χ3n) is 3.01. The first-order valence-electron chi connectivity index (χ1n) is 6.53. The van der Waals surface area contributed by atoms with Gasteiger partial charge in [0.15, 0.2) is 0 Å². The Hall–Kier alpha value is -1.04. The van der Waals surface area contributed by atoms with Crippen LogP contribution >= 0.6 is 0 Å². The molecule has 1 aliphatic carbocycles. The Bertz CT molecular complexity index is 364. The number of hydrogen-bond acceptors (Lipinski definition) is 0. The Labute approximate surface area is 94.4 Å². The zero-order chi connectivity index (χ0) is 11.4. The minimum absolute atomic E-state index is 0.673. The first-order chi connectivity index (χ1) is 7.81. The fourth-order valence-electron chi connectivity index (χ4n) is 1.94. The van der Waals surface area contributed by atoms with E-state index in [1.54, 1.807) is 0 Å². The lowest BCUT2D eigenvalue weighted by Crippen LogP contribution is -1.85. The first kappa shape index (κ1) is 9.21. The molecule has 0 amide bonds. The summed E-state index contributed by atoms with van der Waals surface area (Å²) >= 11 is 0. The molecule has 0 N–H and O–H groups in total. The van der Waals surface area contributed by atoms with Crippen molar-refractivity contribution in [2.45, 2.75) is 39.0 Å². The van der Waals surface area contributed by atoms with Crippen LogP contribution in [-0.4, -0.2) is 0 Å². The van der Waals surface area contributed by atoms with Crippen LogP contribution in [0, 0.1) is 5.92 Å². The Morgan fingerprint density at radius 1 is 1.40 bits per heavy atom. The van der Waals surface area contributed by atoms with Crippen LogP contribution < -0.4 is 0 Å². The van der Waals surface area contributed by atoms with Crippen molar-refractivity contribution in [2.75, 3.05) is 0 Å². The van der Waals surface area contributed by atoms with Gasteiger partial charge in [-0.3, -0.25) is 0 Å². The molecule has 0 bridgehead atoms. The van der Waals surface area contributed by atoms with Crippen LogP contribution in [0.2, 0.25) is 0 Å². The smallest absolute Gasteiger partial charge is 0.0575 e. The molecule has 1 aromatic rings. The second kappa shape index (κ2) is 5.16. The molecule has 1 atom stereocenters. The zero-order valence-corrected chi connectivity index (χ0v) is 9.50. The molecule has 15 heavy (non-hydrogen) atoms. The summed E-state index contributed by atoms with van der Waals surface area (Å²) in [6, 6.07) is 11.5. The van der Waals surface area contributed by atoms with E-state index >= 15 is 0 Å². The van der Waals surface area contributed by atoms with E-state index in [-0.39, 0.29) is 0 Å². The van der Waals surface area contributed by atoms with Crippen LogP contribution in [0.5, 0.6) is 0 Å². The largest absolute Gasteiger partial charge is 0.0850 e. The van der Waals surface area contributed by atoms with E-state index in [1.807, 2.05) is 0 Å². The molecular weight excluding hydrogens is 180 g/mol. The monoisotopic (exact) mass is 201 g/mol. The molecule has 0 aromatic heterocycles. The highest BCUT2D eigenvalue weighted by Crippen LogP contribution is 2.40. The van der Waals surface area contributed by atoms with Gasteiger partial charge >= 0.3 is 0 Å². The van der Waals surface area contributed by atoms with Gasteiger partial charge in [0.25, 0.3) is 0 Å². The lowest BCUT2D eigenvalue weighted by molar-refractivity contribution is 0.808. The van der Waals surface area contributed by atoms with E-state index in [1.165, 1.54) is 24.0 Å². The molecular formula is C15H20. The summed E-state index contributed by atoms with van der Waals surface area (Å²) in [6.45, 7) is 2.19. The van der Waals surface area contributed by atoms with Gasteiger partial charge in [0, 0.05) is 0 Å². The standard InChI is InChI=1S/C15H20/c1-2-3-5-10-14-12-15(14)11-13-8-6-4-7-9-13/h4,6-10,15H,2-3,5,11-12H2,1H3/b14-10-/i10D. The topological polar surface area (TPSA) is 0 Å². The van der Waals surface area contributed by atoms with Crippen molar-refractivity contribution in [2.24, 2.45) is 5.92 Å². The van der Waals surface area contributed by atoms with Crippen molar-refractivity contribution >= 4 is 0 Å². The number of hydrogen-bond donors (Lipinski definition) is 0. The molecule has 0 heterocycles. The average molecular weight is 201 g/mol. The van der Waals surface area contributed by atoms with E-state index in [2.05, 4.69) is 37.3 Å². The second-order valence-electron chi connectivity index (χ2n) is 4.40. The van der Waals surface area contributed by atoms with E-state index in [9.17, 15) is 0 Å². The Balaban J connectivity index is 1.87. The Kier molecular flexibility index (Phi) is 3.16. The quantitative estimate of drug-likeness (QED) is 0.621. The lowest BCUT2D eigenvalue weighted by Gasteiger charge is -1.96. The maximum absolute atomic E-state index is 7.97. The summed E-state index contributed by atoms with van der Waals surface area (Å²) in [5, 5.41) is 0. The number of rotatable bonds is 5. The van der Waals surface area contributed by atoms with Gasteiger partial charge in [-0.1, -0.05) is 61.7 Å². The first-order valence-corrected chi connectivity index (χ1v) is 6.03. The predicted octanol–water partition coefficient (Wildman–Crippen LogP) is 4.37. The van der Waals surface area contributed by atoms with Gasteiger partial charge in [-0.15, -0.1) is 0 Å². The highest BCUT2D eigenvalue weighted by molar-refractivity contribution is 5.28. The normalized spacial score (nSPS) is 23.5. The SMILES string of the molecule is [2H]/C(CCCC)=C1\CC1Cc1ccccc1. The van der Waals surface area contributed by atoms with Crippen LogP contribution in [0.25, 0.3) is 0 Å². The molecule has 2 rings (SSSR count). The molecule has 1 aliphatic rings. The van der Waals surface area contributed by atoms with Crippen LogP contribution in [0.1, 0.15) is 39.5 Å². The second-order valence-corrected chi connectivity index (χ2v) is 4.40. The maximum atomic E-state index is 7.97. The van der Waals surface area contributed by atoms with Gasteiger partial charge in [0.2, 0.25) is 0 Å². The average Bonchev–Trinajstić information content (AvgIpc) is 3.06. The van der Waals surface area contributed by atoms with Crippen molar-refractivity contribution in [3.8, 4) is 0 Å². The summed E-state index contributed by atoms with van der Waals surface area (Å²) < 4.78 is 7.97. The van der Waals surface area contributed by atoms with Crippen LogP contribution in [0.15, 0.2) is 42.0 Å². The molecule has 1 unspecified atom stereocenters. The number of benzene rings is 1. The summed E-state index contributed by atoms with van der Waals surface area (Å²) in [5.74, 6) is 0.673. The third-order valence-corrected chi connectivity index (χ3v) is 3.01. The molecule has 80 valence electrons. The van der Waals surface area contributed by atoms with Crippen molar-refractivity contribution in [1.82, 2.24) is 0 Å². The molecule has 0 radical (unpaired) electrons.